The Hall–Kier alpha value is -1.18. The third kappa shape index (κ3) is 15.1. The maximum atomic E-state index is 12.0. The number of carboxylic acids is 1. The molecule has 0 fully saturated rings. The summed E-state index contributed by atoms with van der Waals surface area (Å²) in [6, 6.07) is 0. The molecule has 7 nitrogen and oxygen atoms in total. The Bertz CT molecular complexity index is 407. The van der Waals surface area contributed by atoms with Crippen LogP contribution in [0.4, 0.5) is 0 Å². The molecule has 0 spiro atoms. The number of quaternary nitrogens is 1. The SMILES string of the molecule is CCCCCCC(O)CCC(O)CC(=O)OC(CC(=O)[O-])C[N+](C)(C)C. The van der Waals surface area contributed by atoms with Crippen LogP contribution in [0.25, 0.3) is 0 Å². The first-order chi connectivity index (χ1) is 12.0. The molecule has 26 heavy (non-hydrogen) atoms. The van der Waals surface area contributed by atoms with Gasteiger partial charge >= 0.3 is 5.97 Å². The smallest absolute Gasteiger partial charge is 0.308 e. The van der Waals surface area contributed by atoms with Crippen LogP contribution >= 0.6 is 0 Å². The highest BCUT2D eigenvalue weighted by molar-refractivity contribution is 5.71. The van der Waals surface area contributed by atoms with Crippen molar-refractivity contribution in [2.24, 2.45) is 0 Å². The molecule has 0 aromatic heterocycles. The standard InChI is InChI=1S/C19H37NO6/c1-5-6-7-8-9-15(21)10-11-16(22)12-19(25)26-17(13-18(23)24)14-20(2,3)4/h15-17,21-22H,5-14H2,1-4H3. The molecular formula is C19H37NO6. The van der Waals surface area contributed by atoms with E-state index in [-0.39, 0.29) is 12.8 Å². The van der Waals surface area contributed by atoms with Gasteiger partial charge in [0.05, 0.1) is 39.8 Å². The van der Waals surface area contributed by atoms with Crippen molar-refractivity contribution in [1.29, 1.82) is 0 Å². The number of aliphatic hydroxyl groups is 2. The summed E-state index contributed by atoms with van der Waals surface area (Å²) in [5.74, 6) is -1.90. The lowest BCUT2D eigenvalue weighted by molar-refractivity contribution is -0.873. The summed E-state index contributed by atoms with van der Waals surface area (Å²) >= 11 is 0. The highest BCUT2D eigenvalue weighted by Crippen LogP contribution is 2.13. The molecule has 0 rings (SSSR count). The van der Waals surface area contributed by atoms with Crippen LogP contribution < -0.4 is 5.11 Å². The number of nitrogens with zero attached hydrogens (tertiary/aromatic N) is 1. The average molecular weight is 376 g/mol. The number of aliphatic carboxylic acids is 1. The minimum Gasteiger partial charge on any atom is -0.550 e. The monoisotopic (exact) mass is 375 g/mol. The van der Waals surface area contributed by atoms with Crippen molar-refractivity contribution in [2.75, 3.05) is 27.7 Å². The quantitative estimate of drug-likeness (QED) is 0.247. The fraction of sp³-hybridized carbons (Fsp3) is 0.895. The number of carboxylic acid groups (broad SMARTS) is 1. The molecule has 0 aromatic carbocycles. The second kappa shape index (κ2) is 13.1. The van der Waals surface area contributed by atoms with E-state index in [2.05, 4.69) is 6.92 Å². The minimum atomic E-state index is -1.28. The Labute approximate surface area is 157 Å². The first-order valence-corrected chi connectivity index (χ1v) is 9.59. The molecule has 2 N–H and O–H groups in total. The Morgan fingerprint density at radius 3 is 2.12 bits per heavy atom. The molecule has 0 aliphatic heterocycles. The van der Waals surface area contributed by atoms with E-state index in [9.17, 15) is 24.9 Å². The second-order valence-corrected chi connectivity index (χ2v) is 8.10. The Kier molecular flexibility index (Phi) is 12.5. The number of rotatable bonds is 15. The molecule has 3 unspecified atom stereocenters. The number of hydrogen-bond acceptors (Lipinski definition) is 6. The molecule has 154 valence electrons. The fourth-order valence-corrected chi connectivity index (χ4v) is 2.80. The van der Waals surface area contributed by atoms with Crippen molar-refractivity contribution in [3.05, 3.63) is 0 Å². The molecule has 0 saturated carbocycles. The molecule has 0 radical (unpaired) electrons. The molecule has 0 aliphatic carbocycles. The highest BCUT2D eigenvalue weighted by atomic mass is 16.5. The summed E-state index contributed by atoms with van der Waals surface area (Å²) in [5.41, 5.74) is 0. The predicted octanol–water partition coefficient (Wildman–Crippen LogP) is 0.607. The predicted molar refractivity (Wildman–Crippen MR) is 97.0 cm³/mol. The van der Waals surface area contributed by atoms with E-state index in [1.54, 1.807) is 0 Å². The number of carbonyl (C=O) groups is 2. The van der Waals surface area contributed by atoms with Crippen LogP contribution in [-0.2, 0) is 14.3 Å². The van der Waals surface area contributed by atoms with E-state index in [1.165, 1.54) is 0 Å². The number of unbranched alkanes of at least 4 members (excludes halogenated alkanes) is 3. The van der Waals surface area contributed by atoms with E-state index >= 15 is 0 Å². The van der Waals surface area contributed by atoms with E-state index in [0.717, 1.165) is 25.7 Å². The number of esters is 1. The molecule has 0 aliphatic rings. The largest absolute Gasteiger partial charge is 0.550 e. The molecule has 0 saturated heterocycles. The van der Waals surface area contributed by atoms with Crippen molar-refractivity contribution in [2.45, 2.75) is 83.0 Å². The van der Waals surface area contributed by atoms with Crippen LogP contribution in [0.3, 0.4) is 0 Å². The van der Waals surface area contributed by atoms with Gasteiger partial charge in [-0.15, -0.1) is 0 Å². The Morgan fingerprint density at radius 1 is 0.962 bits per heavy atom. The van der Waals surface area contributed by atoms with Crippen molar-refractivity contribution in [1.82, 2.24) is 0 Å². The maximum absolute atomic E-state index is 12.0. The topological polar surface area (TPSA) is 107 Å². The third-order valence-electron chi connectivity index (χ3n) is 4.07. The number of carbonyl (C=O) groups excluding carboxylic acids is 2. The van der Waals surface area contributed by atoms with Crippen LogP contribution in [0, 0.1) is 0 Å². The van der Waals surface area contributed by atoms with Gasteiger partial charge in [0, 0.05) is 12.4 Å². The van der Waals surface area contributed by atoms with Gasteiger partial charge in [-0.25, -0.2) is 0 Å². The van der Waals surface area contributed by atoms with Gasteiger partial charge in [0.2, 0.25) is 0 Å². The van der Waals surface area contributed by atoms with Gasteiger partial charge in [-0.1, -0.05) is 32.6 Å². The second-order valence-electron chi connectivity index (χ2n) is 8.10. The molecule has 0 aromatic rings. The zero-order valence-electron chi connectivity index (χ0n) is 16.8. The number of likely N-dealkylation sites (N-methyl/N-ethyl adjacent to an activating group) is 1. The number of ether oxygens (including phenoxy) is 1. The number of aliphatic hydroxyl groups excluding tert-OH is 2. The normalized spacial score (nSPS) is 15.3. The summed E-state index contributed by atoms with van der Waals surface area (Å²) < 4.78 is 5.65. The van der Waals surface area contributed by atoms with Crippen LogP contribution in [0.1, 0.15) is 64.7 Å². The number of hydrogen-bond donors (Lipinski definition) is 2. The van der Waals surface area contributed by atoms with Crippen molar-refractivity contribution < 1.29 is 34.1 Å². The van der Waals surface area contributed by atoms with Crippen molar-refractivity contribution in [3.63, 3.8) is 0 Å². The molecule has 0 amide bonds. The van der Waals surface area contributed by atoms with Crippen LogP contribution in [0.2, 0.25) is 0 Å². The lowest BCUT2D eigenvalue weighted by Crippen LogP contribution is -2.45. The summed E-state index contributed by atoms with van der Waals surface area (Å²) in [6.07, 6.45) is 3.06. The van der Waals surface area contributed by atoms with E-state index in [0.29, 0.717) is 30.3 Å². The van der Waals surface area contributed by atoms with Gasteiger partial charge in [0.1, 0.15) is 6.54 Å². The molecule has 0 heterocycles. The molecule has 3 atom stereocenters. The zero-order valence-corrected chi connectivity index (χ0v) is 16.8. The van der Waals surface area contributed by atoms with Crippen LogP contribution in [-0.4, -0.2) is 72.6 Å². The summed E-state index contributed by atoms with van der Waals surface area (Å²) in [5, 5.41) is 30.7. The van der Waals surface area contributed by atoms with Crippen LogP contribution in [0.5, 0.6) is 0 Å². The average Bonchev–Trinajstić information content (AvgIpc) is 2.47. The van der Waals surface area contributed by atoms with E-state index in [1.807, 2.05) is 21.1 Å². The lowest BCUT2D eigenvalue weighted by atomic mass is 10.0. The first-order valence-electron chi connectivity index (χ1n) is 9.59. The van der Waals surface area contributed by atoms with Crippen molar-refractivity contribution >= 4 is 11.9 Å². The Morgan fingerprint density at radius 2 is 1.58 bits per heavy atom. The van der Waals surface area contributed by atoms with E-state index < -0.39 is 30.3 Å². The third-order valence-corrected chi connectivity index (χ3v) is 4.07. The maximum Gasteiger partial charge on any atom is 0.308 e. The van der Waals surface area contributed by atoms with Crippen molar-refractivity contribution in [3.8, 4) is 0 Å². The first kappa shape index (κ1) is 24.8. The highest BCUT2D eigenvalue weighted by Gasteiger charge is 2.23. The summed E-state index contributed by atoms with van der Waals surface area (Å²) in [7, 11) is 5.60. The summed E-state index contributed by atoms with van der Waals surface area (Å²) in [4.78, 5) is 22.8. The zero-order chi connectivity index (χ0) is 20.2. The van der Waals surface area contributed by atoms with Gasteiger partial charge in [-0.2, -0.15) is 0 Å². The van der Waals surface area contributed by atoms with Gasteiger partial charge in [-0.3, -0.25) is 4.79 Å². The lowest BCUT2D eigenvalue weighted by Gasteiger charge is -2.29. The van der Waals surface area contributed by atoms with Crippen LogP contribution in [0.15, 0.2) is 0 Å². The van der Waals surface area contributed by atoms with E-state index in [4.69, 9.17) is 4.74 Å². The summed E-state index contributed by atoms with van der Waals surface area (Å²) in [6.45, 7) is 2.47. The van der Waals surface area contributed by atoms with Gasteiger partial charge in [0.15, 0.2) is 6.10 Å². The molecule has 0 bridgehead atoms. The molecule has 7 heteroatoms. The fourth-order valence-electron chi connectivity index (χ4n) is 2.80. The van der Waals surface area contributed by atoms with Gasteiger partial charge in [-0.05, 0) is 19.3 Å². The van der Waals surface area contributed by atoms with Gasteiger partial charge < -0.3 is 29.3 Å². The van der Waals surface area contributed by atoms with Gasteiger partial charge in [0.25, 0.3) is 0 Å². The molecular weight excluding hydrogens is 338 g/mol. The minimum absolute atomic E-state index is 0.205. The Balaban J connectivity index is 4.19.